The molecule has 4 rings (SSSR count). The van der Waals surface area contributed by atoms with E-state index >= 15 is 0 Å². The first kappa shape index (κ1) is 76.8. The number of Topliss-reactive ketones (excluding diaryl/α,β-unsaturated/α-hetero) is 1. The van der Waals surface area contributed by atoms with E-state index in [4.69, 9.17) is 9.84 Å². The maximum atomic E-state index is 12.0. The van der Waals surface area contributed by atoms with Crippen molar-refractivity contribution < 1.29 is 98.4 Å². The zero-order chi connectivity index (χ0) is 43.8. The molecule has 0 aliphatic rings. The maximum Gasteiger partial charge on any atom is 0.343 e. The fourth-order valence-electron chi connectivity index (χ4n) is 3.90. The molecule has 0 bridgehead atoms. The number of aliphatic carboxylic acids is 1. The van der Waals surface area contributed by atoms with Gasteiger partial charge in [0, 0.05) is 82.2 Å². The summed E-state index contributed by atoms with van der Waals surface area (Å²) >= 11 is 0. The Morgan fingerprint density at radius 2 is 0.864 bits per heavy atom. The molecule has 0 aliphatic carbocycles. The van der Waals surface area contributed by atoms with Crippen molar-refractivity contribution in [2.45, 2.75) is 103 Å². The third-order valence-corrected chi connectivity index (χ3v) is 6.08. The molecule has 5 nitrogen and oxygen atoms in total. The predicted molar refractivity (Wildman–Crippen MR) is 244 cm³/mol. The quantitative estimate of drug-likeness (QED) is 0.0626. The average Bonchev–Trinajstić information content (AvgIpc) is 3.24. The second-order valence-corrected chi connectivity index (χ2v) is 9.50. The van der Waals surface area contributed by atoms with Gasteiger partial charge in [0.1, 0.15) is 5.75 Å². The molecular weight excluding hydrogens is 894 g/mol. The molecule has 59 heavy (non-hydrogen) atoms. The molecule has 4 aromatic carbocycles. The number of aryl methyl sites for hydroxylation is 1. The summed E-state index contributed by atoms with van der Waals surface area (Å²) in [6.07, 6.45) is 6.01. The van der Waals surface area contributed by atoms with Gasteiger partial charge in [-0.3, -0.25) is 13.6 Å². The molecule has 0 fully saturated rings. The zero-order valence-electron chi connectivity index (χ0n) is 38.7. The van der Waals surface area contributed by atoms with Gasteiger partial charge in [0.15, 0.2) is 0 Å². The van der Waals surface area contributed by atoms with Crippen LogP contribution >= 0.6 is 0 Å². The molecule has 0 aromatic heterocycles. The number of benzene rings is 4. The molecule has 0 atom stereocenters. The van der Waals surface area contributed by atoms with Gasteiger partial charge in [0.05, 0.1) is 25.7 Å². The van der Waals surface area contributed by atoms with Crippen molar-refractivity contribution in [3.05, 3.63) is 149 Å². The number of carboxylic acid groups (broad SMARTS) is 1. The minimum atomic E-state index is -1.12. The van der Waals surface area contributed by atoms with E-state index in [0.29, 0.717) is 36.8 Å². The van der Waals surface area contributed by atoms with Crippen LogP contribution in [-0.2, 0) is 81.4 Å². The number of allylic oxidation sites excluding steroid dienone is 3. The number of ketones is 1. The molecule has 318 valence electrons. The molecule has 1 N–H and O–H groups in total. The second kappa shape index (κ2) is 55.2. The molecule has 0 aliphatic heterocycles. The Balaban J connectivity index is -0.0000000889. The summed E-state index contributed by atoms with van der Waals surface area (Å²) in [5.74, 6) is -1.19. The Morgan fingerprint density at radius 3 is 1.24 bits per heavy atom. The second-order valence-electron chi connectivity index (χ2n) is 9.50. The Labute approximate surface area is 412 Å². The van der Waals surface area contributed by atoms with Gasteiger partial charge in [0.2, 0.25) is 5.97 Å². The number of halogens is 2. The van der Waals surface area contributed by atoms with E-state index in [1.54, 1.807) is 43.3 Å². The molecule has 0 saturated carbocycles. The van der Waals surface area contributed by atoms with Gasteiger partial charge in [-0.2, -0.15) is 17.2 Å². The number of hydrogen-bond donors (Lipinski definition) is 1. The van der Waals surface area contributed by atoms with E-state index in [9.17, 15) is 23.2 Å². The molecule has 0 heterocycles. The topological polar surface area (TPSA) is 80.7 Å². The van der Waals surface area contributed by atoms with Crippen molar-refractivity contribution in [2.75, 3.05) is 14.4 Å². The molecule has 4 aromatic rings. The Morgan fingerprint density at radius 1 is 0.525 bits per heavy atom. The van der Waals surface area contributed by atoms with Gasteiger partial charge >= 0.3 is 5.97 Å². The zero-order valence-corrected chi connectivity index (χ0v) is 44.3. The molecule has 11 heteroatoms. The summed E-state index contributed by atoms with van der Waals surface area (Å²) < 4.78 is 24.3. The normalized spacial score (nSPS) is 8.51. The van der Waals surface area contributed by atoms with E-state index in [1.165, 1.54) is 18.1 Å². The van der Waals surface area contributed by atoms with Crippen molar-refractivity contribution in [3.8, 4) is 5.75 Å². The van der Waals surface area contributed by atoms with Gasteiger partial charge < -0.3 is 14.6 Å². The van der Waals surface area contributed by atoms with Crippen molar-refractivity contribution in [3.63, 3.8) is 0 Å². The summed E-state index contributed by atoms with van der Waals surface area (Å²) in [6.45, 7) is 27.0. The van der Waals surface area contributed by atoms with Gasteiger partial charge in [-0.25, -0.2) is 22.0 Å². The van der Waals surface area contributed by atoms with Crippen LogP contribution in [0.4, 0.5) is 8.78 Å². The smallest absolute Gasteiger partial charge is 0.343 e. The number of carbonyl (C=O) groups is 3. The number of carboxylic acids is 1. The largest absolute Gasteiger partial charge is 0.492 e. The summed E-state index contributed by atoms with van der Waals surface area (Å²) in [6, 6.07) is 32.4. The third kappa shape index (κ3) is 39.1. The van der Waals surface area contributed by atoms with Crippen molar-refractivity contribution in [1.82, 2.24) is 0 Å². The first-order valence-corrected chi connectivity index (χ1v) is 18.8. The Hall–Kier alpha value is -2.83. The fraction of sp³-hybridized carbons (Fsp3) is 0.354. The van der Waals surface area contributed by atoms with Crippen LogP contribution in [-0.4, -0.2) is 54.0 Å². The van der Waals surface area contributed by atoms with E-state index in [2.05, 4.69) is 48.6 Å². The van der Waals surface area contributed by atoms with E-state index in [0.717, 1.165) is 23.1 Å². The van der Waals surface area contributed by atoms with Crippen molar-refractivity contribution in [2.24, 2.45) is 0 Å². The van der Waals surface area contributed by atoms with Gasteiger partial charge in [-0.15, -0.1) is 24.3 Å². The summed E-state index contributed by atoms with van der Waals surface area (Å²) in [4.78, 5) is 33.6. The number of carbonyl (C=O) groups excluding carboxylic acids is 2. The predicted octanol–water partition coefficient (Wildman–Crippen LogP) is 13.1. The minimum absolute atomic E-state index is 0. The number of ether oxygens (including phenoxy) is 1. The fourth-order valence-corrected chi connectivity index (χ4v) is 3.90. The van der Waals surface area contributed by atoms with Crippen LogP contribution in [0.25, 0.3) is 11.1 Å². The van der Waals surface area contributed by atoms with Crippen LogP contribution in [0.1, 0.15) is 128 Å². The SMILES string of the molecule is CC.CC.CC.CC.CC.CC(=O)[C-]=C(C)c1ccc(Cc2ccccc2)cc1.CC(=[C-]C(=O)O)c1ccc(OC(=O)c2ccc(C)cc2)cc1.CF.CF.[B].[B].[Y].[Y]. The number of esters is 1. The Kier molecular flexibility index (Phi) is 71.8. The van der Waals surface area contributed by atoms with Gasteiger partial charge in [0.25, 0.3) is 0 Å². The number of rotatable bonds is 8. The first-order valence-electron chi connectivity index (χ1n) is 18.8. The van der Waals surface area contributed by atoms with Gasteiger partial charge in [-0.1, -0.05) is 143 Å². The molecule has 0 spiro atoms. The number of hydrogen-bond acceptors (Lipinski definition) is 4. The van der Waals surface area contributed by atoms with Crippen LogP contribution in [0.5, 0.6) is 5.75 Å². The molecule has 8 radical (unpaired) electrons. The first-order chi connectivity index (χ1) is 26.6. The molecule has 0 unspecified atom stereocenters. The maximum absolute atomic E-state index is 12.0. The molecule has 0 saturated heterocycles. The van der Waals surface area contributed by atoms with Crippen molar-refractivity contribution >= 4 is 45.7 Å². The van der Waals surface area contributed by atoms with Crippen LogP contribution in [0.2, 0.25) is 0 Å². The number of alkyl halides is 2. The van der Waals surface area contributed by atoms with Crippen LogP contribution < -0.4 is 4.74 Å². The summed E-state index contributed by atoms with van der Waals surface area (Å²) in [7, 11) is 1.00. The van der Waals surface area contributed by atoms with Crippen LogP contribution in [0.3, 0.4) is 0 Å². The minimum Gasteiger partial charge on any atom is -0.492 e. The monoisotopic (exact) mass is 962 g/mol. The van der Waals surface area contributed by atoms with Crippen molar-refractivity contribution in [1.29, 1.82) is 0 Å². The van der Waals surface area contributed by atoms with Gasteiger partial charge in [-0.05, 0) is 55.7 Å². The van der Waals surface area contributed by atoms with E-state index in [-0.39, 0.29) is 88.0 Å². The van der Waals surface area contributed by atoms with Crippen LogP contribution in [0, 0.1) is 19.1 Å². The standard InChI is InChI=1S/C18H15O4.C18H17O.5C2H6.2CH3F.2B.2Y/c1-12-3-5-15(6-4-12)18(21)22-16-9-7-14(8-10-16)13(2)11-17(19)20;1-14(12-15(2)19)18-10-8-17(9-11-18)13-16-6-4-3-5-7-16;7*1-2;;;;/h3-10H,1-2H3,(H,19,20);3-11H,13H2,1-2H3;5*1-2H3;2*1H3;;;;/q2*-1;;;;;;;;;;;. The van der Waals surface area contributed by atoms with E-state index in [1.807, 2.05) is 113 Å². The summed E-state index contributed by atoms with van der Waals surface area (Å²) in [5.41, 5.74) is 7.26. The Bertz CT molecular complexity index is 1570. The molecule has 0 amide bonds. The third-order valence-electron chi connectivity index (χ3n) is 6.08. The van der Waals surface area contributed by atoms with Crippen LogP contribution in [0.15, 0.2) is 103 Å². The average molecular weight is 962 g/mol. The summed E-state index contributed by atoms with van der Waals surface area (Å²) in [5, 5.41) is 8.66. The van der Waals surface area contributed by atoms with E-state index < -0.39 is 11.9 Å². The molecular formula is C48H68B2F2O5Y2-2.